The predicted octanol–water partition coefficient (Wildman–Crippen LogP) is 3.59. The van der Waals surface area contributed by atoms with Gasteiger partial charge in [0.15, 0.2) is 0 Å². The van der Waals surface area contributed by atoms with E-state index in [-0.39, 0.29) is 17.5 Å². The highest BCUT2D eigenvalue weighted by atomic mass is 35.5. The molecule has 22 heavy (non-hydrogen) atoms. The first-order valence-electron chi connectivity index (χ1n) is 6.63. The Labute approximate surface area is 139 Å². The van der Waals surface area contributed by atoms with E-state index in [0.29, 0.717) is 22.3 Å². The fourth-order valence-corrected chi connectivity index (χ4v) is 4.05. The highest BCUT2D eigenvalue weighted by molar-refractivity contribution is 7.92. The topological polar surface area (TPSA) is 49.9 Å². The Kier molecular flexibility index (Phi) is 4.32. The molecule has 1 heterocycles. The molecular formula is C15H13Cl2NO3S. The van der Waals surface area contributed by atoms with Crippen molar-refractivity contribution in [2.24, 2.45) is 0 Å². The number of nitrogens with zero attached hydrogens (tertiary/aromatic N) is 1. The second-order valence-corrected chi connectivity index (χ2v) is 7.61. The molecule has 0 N–H and O–H groups in total. The van der Waals surface area contributed by atoms with Crippen molar-refractivity contribution in [1.29, 1.82) is 0 Å². The van der Waals surface area contributed by atoms with Crippen LogP contribution in [0, 0.1) is 0 Å². The number of sulfonamides is 1. The average Bonchev–Trinajstić information content (AvgIpc) is 3.32. The van der Waals surface area contributed by atoms with Gasteiger partial charge in [0.25, 0.3) is 10.0 Å². The molecule has 0 bridgehead atoms. The van der Waals surface area contributed by atoms with E-state index < -0.39 is 10.0 Å². The van der Waals surface area contributed by atoms with Gasteiger partial charge < -0.3 is 4.74 Å². The standard InChI is InChI=1S/C15H13Cl2NO3S/c16-11-6-7-14(17)15(8-11)18(9-12-10-21-12)22(19,20)13-4-2-1-3-5-13/h1-8,12H,9-10H2/t12-/m1/s1. The van der Waals surface area contributed by atoms with E-state index in [4.69, 9.17) is 27.9 Å². The van der Waals surface area contributed by atoms with E-state index >= 15 is 0 Å². The summed E-state index contributed by atoms with van der Waals surface area (Å²) in [5, 5.41) is 0.744. The van der Waals surface area contributed by atoms with Crippen molar-refractivity contribution in [1.82, 2.24) is 0 Å². The minimum Gasteiger partial charge on any atom is -0.371 e. The average molecular weight is 358 g/mol. The van der Waals surface area contributed by atoms with Crippen LogP contribution in [0.2, 0.25) is 10.0 Å². The van der Waals surface area contributed by atoms with Gasteiger partial charge in [-0.25, -0.2) is 8.42 Å². The lowest BCUT2D eigenvalue weighted by atomic mass is 10.3. The van der Waals surface area contributed by atoms with Crippen molar-refractivity contribution < 1.29 is 13.2 Å². The first kappa shape index (κ1) is 15.6. The first-order valence-corrected chi connectivity index (χ1v) is 8.82. The molecule has 1 atom stereocenters. The van der Waals surface area contributed by atoms with Gasteiger partial charge >= 0.3 is 0 Å². The van der Waals surface area contributed by atoms with Gasteiger partial charge in [0.05, 0.1) is 34.9 Å². The summed E-state index contributed by atoms with van der Waals surface area (Å²) in [5.41, 5.74) is 0.355. The third kappa shape index (κ3) is 3.22. The Hall–Kier alpha value is -1.27. The summed E-state index contributed by atoms with van der Waals surface area (Å²) in [6, 6.07) is 13.0. The van der Waals surface area contributed by atoms with E-state index in [1.165, 1.54) is 4.31 Å². The molecular weight excluding hydrogens is 345 g/mol. The second-order valence-electron chi connectivity index (χ2n) is 4.90. The summed E-state index contributed by atoms with van der Waals surface area (Å²) in [6.07, 6.45) is -0.117. The lowest BCUT2D eigenvalue weighted by Gasteiger charge is -2.25. The normalized spacial score (nSPS) is 17.3. The van der Waals surface area contributed by atoms with E-state index in [1.807, 2.05) is 0 Å². The molecule has 2 aromatic rings. The summed E-state index contributed by atoms with van der Waals surface area (Å²) in [6.45, 7) is 0.746. The summed E-state index contributed by atoms with van der Waals surface area (Å²) < 4.78 is 32.3. The number of epoxide rings is 1. The van der Waals surface area contributed by atoms with Crippen molar-refractivity contribution in [2.75, 3.05) is 17.5 Å². The molecule has 0 saturated carbocycles. The van der Waals surface area contributed by atoms with Gasteiger partial charge in [-0.1, -0.05) is 41.4 Å². The van der Waals surface area contributed by atoms with Crippen LogP contribution in [0.1, 0.15) is 0 Å². The van der Waals surface area contributed by atoms with Crippen molar-refractivity contribution in [3.63, 3.8) is 0 Å². The van der Waals surface area contributed by atoms with Gasteiger partial charge in [0.1, 0.15) is 0 Å². The molecule has 3 rings (SSSR count). The molecule has 116 valence electrons. The number of benzene rings is 2. The lowest BCUT2D eigenvalue weighted by Crippen LogP contribution is -2.34. The molecule has 0 unspecified atom stereocenters. The maximum atomic E-state index is 12.9. The van der Waals surface area contributed by atoms with Crippen LogP contribution < -0.4 is 4.31 Å². The smallest absolute Gasteiger partial charge is 0.264 e. The summed E-state index contributed by atoms with van der Waals surface area (Å²) in [5.74, 6) is 0. The van der Waals surface area contributed by atoms with Gasteiger partial charge in [-0.15, -0.1) is 0 Å². The maximum Gasteiger partial charge on any atom is 0.264 e. The van der Waals surface area contributed by atoms with Gasteiger partial charge in [0, 0.05) is 5.02 Å². The Morgan fingerprint density at radius 2 is 1.82 bits per heavy atom. The summed E-state index contributed by atoms with van der Waals surface area (Å²) >= 11 is 12.2. The molecule has 0 aliphatic carbocycles. The summed E-state index contributed by atoms with van der Waals surface area (Å²) in [7, 11) is -3.74. The number of halogens is 2. The fourth-order valence-electron chi connectivity index (χ4n) is 2.08. The molecule has 1 aliphatic rings. The van der Waals surface area contributed by atoms with Crippen LogP contribution in [0.4, 0.5) is 5.69 Å². The first-order chi connectivity index (χ1) is 10.5. The molecule has 0 spiro atoms. The Balaban J connectivity index is 2.08. The number of hydrogen-bond acceptors (Lipinski definition) is 3. The molecule has 2 aromatic carbocycles. The quantitative estimate of drug-likeness (QED) is 0.768. The van der Waals surface area contributed by atoms with Crippen LogP contribution >= 0.6 is 23.2 Å². The van der Waals surface area contributed by atoms with Gasteiger partial charge in [0.2, 0.25) is 0 Å². The van der Waals surface area contributed by atoms with Gasteiger partial charge in [-0.05, 0) is 30.3 Å². The van der Waals surface area contributed by atoms with Gasteiger partial charge in [-0.3, -0.25) is 4.31 Å². The predicted molar refractivity (Wildman–Crippen MR) is 87.2 cm³/mol. The third-order valence-corrected chi connectivity index (χ3v) is 5.63. The Bertz CT molecular complexity index is 777. The maximum absolute atomic E-state index is 12.9. The minimum absolute atomic E-state index is 0.117. The molecule has 1 aliphatic heterocycles. The van der Waals surface area contributed by atoms with Crippen LogP contribution in [-0.4, -0.2) is 27.7 Å². The molecule has 1 fully saturated rings. The zero-order chi connectivity index (χ0) is 15.7. The van der Waals surface area contributed by atoms with Crippen molar-refractivity contribution in [3.8, 4) is 0 Å². The van der Waals surface area contributed by atoms with Crippen molar-refractivity contribution in [2.45, 2.75) is 11.0 Å². The zero-order valence-corrected chi connectivity index (χ0v) is 13.8. The van der Waals surface area contributed by atoms with Crippen molar-refractivity contribution >= 4 is 38.9 Å². The van der Waals surface area contributed by atoms with E-state index in [9.17, 15) is 8.42 Å². The number of ether oxygens (including phenoxy) is 1. The van der Waals surface area contributed by atoms with Crippen LogP contribution in [0.25, 0.3) is 0 Å². The van der Waals surface area contributed by atoms with Crippen molar-refractivity contribution in [3.05, 3.63) is 58.6 Å². The van der Waals surface area contributed by atoms with Crippen LogP contribution in [0.3, 0.4) is 0 Å². The van der Waals surface area contributed by atoms with Gasteiger partial charge in [-0.2, -0.15) is 0 Å². The lowest BCUT2D eigenvalue weighted by molar-refractivity contribution is 0.412. The van der Waals surface area contributed by atoms with Crippen LogP contribution in [0.5, 0.6) is 0 Å². The highest BCUT2D eigenvalue weighted by Gasteiger charge is 2.34. The third-order valence-electron chi connectivity index (χ3n) is 3.28. The second kappa shape index (κ2) is 6.08. The molecule has 1 saturated heterocycles. The Morgan fingerprint density at radius 3 is 2.45 bits per heavy atom. The molecule has 4 nitrogen and oxygen atoms in total. The monoisotopic (exact) mass is 357 g/mol. The largest absolute Gasteiger partial charge is 0.371 e. The van der Waals surface area contributed by atoms with E-state index in [2.05, 4.69) is 0 Å². The van der Waals surface area contributed by atoms with Crippen LogP contribution in [0.15, 0.2) is 53.4 Å². The SMILES string of the molecule is O=S(=O)(c1ccccc1)N(C[C@@H]1CO1)c1cc(Cl)ccc1Cl. The summed E-state index contributed by atoms with van der Waals surface area (Å²) in [4.78, 5) is 0.201. The molecule has 0 radical (unpaired) electrons. The minimum atomic E-state index is -3.74. The zero-order valence-electron chi connectivity index (χ0n) is 11.4. The number of rotatable bonds is 5. The fraction of sp³-hybridized carbons (Fsp3) is 0.200. The number of anilines is 1. The molecule has 7 heteroatoms. The highest BCUT2D eigenvalue weighted by Crippen LogP contribution is 2.34. The molecule has 0 aromatic heterocycles. The molecule has 0 amide bonds. The van der Waals surface area contributed by atoms with E-state index in [0.717, 1.165) is 0 Å². The Morgan fingerprint density at radius 1 is 1.14 bits per heavy atom. The van der Waals surface area contributed by atoms with E-state index in [1.54, 1.807) is 48.5 Å². The number of hydrogen-bond donors (Lipinski definition) is 0. The van der Waals surface area contributed by atoms with Crippen LogP contribution in [-0.2, 0) is 14.8 Å².